The van der Waals surface area contributed by atoms with Gasteiger partial charge in [-0.25, -0.2) is 9.56 Å². The van der Waals surface area contributed by atoms with Gasteiger partial charge in [0.15, 0.2) is 0 Å². The molecule has 9 heavy (non-hydrogen) atoms. The molecule has 0 aromatic carbocycles. The molecule has 0 aromatic rings. The maximum absolute atomic E-state index is 4.80. The Morgan fingerprint density at radius 3 is 3.00 bits per heavy atom. The van der Waals surface area contributed by atoms with Gasteiger partial charge < -0.3 is 1.43 Å². The van der Waals surface area contributed by atoms with E-state index in [2.05, 4.69) is 0 Å². The van der Waals surface area contributed by atoms with Gasteiger partial charge in [-0.05, 0) is 19.0 Å². The number of hydrogen-bond acceptors (Lipinski definition) is 2. The van der Waals surface area contributed by atoms with E-state index in [4.69, 9.17) is 9.56 Å². The molecule has 0 spiro atoms. The van der Waals surface area contributed by atoms with Crippen molar-refractivity contribution in [3.63, 3.8) is 0 Å². The zero-order chi connectivity index (χ0) is 5.66. The van der Waals surface area contributed by atoms with Crippen molar-refractivity contribution in [2.75, 3.05) is 12.8 Å². The van der Waals surface area contributed by atoms with Crippen molar-refractivity contribution >= 4 is 8.81 Å². The maximum atomic E-state index is 4.80. The molecule has 1 saturated heterocycles. The standard InChI is InChI=1S/C5H11O2P.Na.H/c1-2-4-6-7-8-5-3-1;;/h8H,1-5H2;;/q;+1;-1. The first-order chi connectivity index (χ1) is 4.00. The predicted octanol–water partition coefficient (Wildman–Crippen LogP) is -1.17. The Kier molecular flexibility index (Phi) is 8.58. The molecule has 1 heterocycles. The summed E-state index contributed by atoms with van der Waals surface area (Å²) in [5.41, 5.74) is 0. The van der Waals surface area contributed by atoms with Gasteiger partial charge in [0.1, 0.15) is 0 Å². The third-order valence-corrected chi connectivity index (χ3v) is 1.92. The minimum atomic E-state index is 0. The first-order valence-corrected chi connectivity index (χ1v) is 4.13. The van der Waals surface area contributed by atoms with Crippen molar-refractivity contribution in [1.29, 1.82) is 0 Å². The van der Waals surface area contributed by atoms with Crippen molar-refractivity contribution in [3.05, 3.63) is 0 Å². The fourth-order valence-corrected chi connectivity index (χ4v) is 1.30. The Bertz CT molecular complexity index is 43.6. The SMILES string of the molecule is C1CCOOPCC1.[H-].[Na+]. The fraction of sp³-hybridized carbons (Fsp3) is 1.00. The van der Waals surface area contributed by atoms with Crippen LogP contribution in [-0.4, -0.2) is 12.8 Å². The summed E-state index contributed by atoms with van der Waals surface area (Å²) in [5.74, 6) is 0. The van der Waals surface area contributed by atoms with Gasteiger partial charge in [-0.1, -0.05) is 6.42 Å². The summed E-state index contributed by atoms with van der Waals surface area (Å²) >= 11 is 0. The molecule has 0 N–H and O–H groups in total. The van der Waals surface area contributed by atoms with Gasteiger partial charge in [0, 0.05) is 0 Å². The molecule has 1 rings (SSSR count). The largest absolute Gasteiger partial charge is 1.00 e. The van der Waals surface area contributed by atoms with Gasteiger partial charge in [0.25, 0.3) is 0 Å². The molecule has 2 nitrogen and oxygen atoms in total. The molecule has 0 saturated carbocycles. The number of hydrogen-bond donors (Lipinski definition) is 0. The molecule has 0 bridgehead atoms. The first kappa shape index (κ1) is 10.3. The second-order valence-corrected chi connectivity index (χ2v) is 2.82. The van der Waals surface area contributed by atoms with E-state index in [1.807, 2.05) is 0 Å². The molecule has 0 amide bonds. The van der Waals surface area contributed by atoms with E-state index in [9.17, 15) is 0 Å². The average molecular weight is 158 g/mol. The molecule has 1 fully saturated rings. The van der Waals surface area contributed by atoms with E-state index in [1.54, 1.807) is 0 Å². The molecule has 1 atom stereocenters. The molecule has 0 aliphatic carbocycles. The zero-order valence-corrected chi connectivity index (χ0v) is 8.85. The van der Waals surface area contributed by atoms with Crippen molar-refractivity contribution < 1.29 is 40.5 Å². The van der Waals surface area contributed by atoms with Gasteiger partial charge in [-0.15, -0.1) is 0 Å². The van der Waals surface area contributed by atoms with Crippen LogP contribution < -0.4 is 29.6 Å². The van der Waals surface area contributed by atoms with Crippen LogP contribution in [0.25, 0.3) is 0 Å². The average Bonchev–Trinajstić information content (AvgIpc) is 1.62. The normalized spacial score (nSPS) is 24.0. The monoisotopic (exact) mass is 158 g/mol. The van der Waals surface area contributed by atoms with E-state index in [1.165, 1.54) is 19.0 Å². The second kappa shape index (κ2) is 7.46. The van der Waals surface area contributed by atoms with Gasteiger partial charge in [-0.3, -0.25) is 0 Å². The first-order valence-electron chi connectivity index (χ1n) is 3.01. The summed E-state index contributed by atoms with van der Waals surface area (Å²) in [5, 5.41) is 0. The Hall–Kier alpha value is 1.35. The van der Waals surface area contributed by atoms with E-state index < -0.39 is 0 Å². The van der Waals surface area contributed by atoms with Gasteiger partial charge in [0.05, 0.1) is 15.4 Å². The summed E-state index contributed by atoms with van der Waals surface area (Å²) in [7, 11) is 0.568. The van der Waals surface area contributed by atoms with Crippen LogP contribution in [0.1, 0.15) is 20.7 Å². The van der Waals surface area contributed by atoms with Crippen LogP contribution in [-0.2, 0) is 9.56 Å². The van der Waals surface area contributed by atoms with Crippen LogP contribution in [0.4, 0.5) is 0 Å². The third kappa shape index (κ3) is 5.78. The summed E-state index contributed by atoms with van der Waals surface area (Å²) < 4.78 is 4.80. The van der Waals surface area contributed by atoms with Gasteiger partial charge in [0.2, 0.25) is 0 Å². The van der Waals surface area contributed by atoms with Crippen LogP contribution in [0.3, 0.4) is 0 Å². The topological polar surface area (TPSA) is 18.5 Å². The van der Waals surface area contributed by atoms with E-state index in [0.717, 1.165) is 13.0 Å². The Balaban J connectivity index is 0. The minimum Gasteiger partial charge on any atom is -1.00 e. The molecular weight excluding hydrogens is 146 g/mol. The number of rotatable bonds is 0. The summed E-state index contributed by atoms with van der Waals surface area (Å²) in [4.78, 5) is 4.79. The Morgan fingerprint density at radius 2 is 2.11 bits per heavy atom. The van der Waals surface area contributed by atoms with Crippen molar-refractivity contribution in [1.82, 2.24) is 0 Å². The molecule has 1 aliphatic heterocycles. The van der Waals surface area contributed by atoms with Crippen molar-refractivity contribution in [2.45, 2.75) is 19.3 Å². The van der Waals surface area contributed by atoms with Crippen LogP contribution in [0.2, 0.25) is 0 Å². The molecular formula is C5H12NaO2P. The summed E-state index contributed by atoms with van der Waals surface area (Å²) in [6, 6.07) is 0. The van der Waals surface area contributed by atoms with Crippen LogP contribution in [0, 0.1) is 0 Å². The maximum Gasteiger partial charge on any atom is 1.00 e. The Morgan fingerprint density at radius 1 is 1.22 bits per heavy atom. The summed E-state index contributed by atoms with van der Waals surface area (Å²) in [6.07, 6.45) is 4.95. The smallest absolute Gasteiger partial charge is 1.00 e. The van der Waals surface area contributed by atoms with Crippen LogP contribution in [0.5, 0.6) is 0 Å². The molecule has 4 heteroatoms. The molecule has 50 valence electrons. The quantitative estimate of drug-likeness (QED) is 0.251. The van der Waals surface area contributed by atoms with Crippen molar-refractivity contribution in [2.24, 2.45) is 0 Å². The van der Waals surface area contributed by atoms with E-state index in [0.29, 0.717) is 8.81 Å². The van der Waals surface area contributed by atoms with E-state index in [-0.39, 0.29) is 31.0 Å². The third-order valence-electron chi connectivity index (χ3n) is 1.12. The second-order valence-electron chi connectivity index (χ2n) is 1.86. The van der Waals surface area contributed by atoms with Crippen LogP contribution in [0.15, 0.2) is 0 Å². The molecule has 0 radical (unpaired) electrons. The molecule has 0 aromatic heterocycles. The minimum absolute atomic E-state index is 0. The fourth-order valence-electron chi connectivity index (χ4n) is 0.660. The van der Waals surface area contributed by atoms with Gasteiger partial charge in [-0.2, -0.15) is 0 Å². The Labute approximate surface area is 81.2 Å². The summed E-state index contributed by atoms with van der Waals surface area (Å²) in [6.45, 7) is 0.785. The predicted molar refractivity (Wildman–Crippen MR) is 35.2 cm³/mol. The van der Waals surface area contributed by atoms with E-state index >= 15 is 0 Å². The van der Waals surface area contributed by atoms with Crippen molar-refractivity contribution in [3.8, 4) is 0 Å². The molecule has 1 aliphatic rings. The zero-order valence-electron chi connectivity index (χ0n) is 6.85. The van der Waals surface area contributed by atoms with Crippen LogP contribution >= 0.6 is 8.81 Å². The van der Waals surface area contributed by atoms with Gasteiger partial charge >= 0.3 is 29.6 Å². The molecule has 1 unspecified atom stereocenters.